The summed E-state index contributed by atoms with van der Waals surface area (Å²) < 4.78 is 16.2. The van der Waals surface area contributed by atoms with Gasteiger partial charge in [-0.1, -0.05) is 23.7 Å². The van der Waals surface area contributed by atoms with Gasteiger partial charge in [0.25, 0.3) is 17.7 Å². The zero-order chi connectivity index (χ0) is 24.9. The maximum absolute atomic E-state index is 12.9. The summed E-state index contributed by atoms with van der Waals surface area (Å²) in [4.78, 5) is 37.1. The number of para-hydroxylation sites is 1. The average Bonchev–Trinajstić information content (AvgIpc) is 2.84. The summed E-state index contributed by atoms with van der Waals surface area (Å²) in [6.07, 6.45) is -0.592. The topological polar surface area (TPSA) is 115 Å². The van der Waals surface area contributed by atoms with Gasteiger partial charge in [0.1, 0.15) is 17.2 Å². The number of carbonyl (C=O) groups excluding carboxylic acids is 3. The minimum atomic E-state index is -0.592. The number of methoxy groups -OCH3 is 1. The van der Waals surface area contributed by atoms with Gasteiger partial charge in [0.15, 0.2) is 12.7 Å². The van der Waals surface area contributed by atoms with Crippen molar-refractivity contribution in [3.8, 4) is 17.2 Å². The fourth-order valence-corrected chi connectivity index (χ4v) is 3.61. The van der Waals surface area contributed by atoms with E-state index in [9.17, 15) is 14.4 Å². The molecule has 1 aliphatic rings. The zero-order valence-corrected chi connectivity index (χ0v) is 19.6. The molecule has 1 atom stereocenters. The maximum Gasteiger partial charge on any atom is 0.265 e. The van der Waals surface area contributed by atoms with Crippen molar-refractivity contribution >= 4 is 46.4 Å². The Hall–Kier alpha value is -4.24. The Labute approximate surface area is 206 Å². The molecule has 1 heterocycles. The minimum absolute atomic E-state index is 0.233. The molecule has 0 fully saturated rings. The van der Waals surface area contributed by atoms with Crippen LogP contribution in [-0.4, -0.2) is 37.5 Å². The van der Waals surface area contributed by atoms with E-state index in [1.807, 2.05) is 0 Å². The molecule has 4 rings (SSSR count). The molecule has 180 valence electrons. The molecule has 0 aromatic heterocycles. The number of hydrogen-bond donors (Lipinski definition) is 3. The van der Waals surface area contributed by atoms with E-state index in [2.05, 4.69) is 16.0 Å². The van der Waals surface area contributed by atoms with E-state index in [4.69, 9.17) is 25.8 Å². The highest BCUT2D eigenvalue weighted by Gasteiger charge is 2.24. The maximum atomic E-state index is 12.9. The summed E-state index contributed by atoms with van der Waals surface area (Å²) in [6, 6.07) is 16.3. The van der Waals surface area contributed by atoms with Gasteiger partial charge in [0.2, 0.25) is 0 Å². The predicted octanol–water partition coefficient (Wildman–Crippen LogP) is 4.34. The van der Waals surface area contributed by atoms with E-state index < -0.39 is 17.9 Å². The Morgan fingerprint density at radius 3 is 2.54 bits per heavy atom. The van der Waals surface area contributed by atoms with Crippen molar-refractivity contribution in [2.45, 2.75) is 13.0 Å². The number of amides is 3. The summed E-state index contributed by atoms with van der Waals surface area (Å²) in [5.41, 5.74) is 1.63. The molecular formula is C25H22ClN3O6. The monoisotopic (exact) mass is 495 g/mol. The fourth-order valence-electron chi connectivity index (χ4n) is 3.35. The predicted molar refractivity (Wildman–Crippen MR) is 132 cm³/mol. The first kappa shape index (κ1) is 23.9. The zero-order valence-electron chi connectivity index (χ0n) is 18.9. The molecule has 3 amide bonds. The lowest BCUT2D eigenvalue weighted by Crippen LogP contribution is -2.34. The van der Waals surface area contributed by atoms with Crippen LogP contribution in [0.1, 0.15) is 17.3 Å². The number of ether oxygens (including phenoxy) is 3. The van der Waals surface area contributed by atoms with E-state index >= 15 is 0 Å². The second kappa shape index (κ2) is 10.4. The molecule has 10 heteroatoms. The van der Waals surface area contributed by atoms with Gasteiger partial charge in [-0.05, 0) is 55.5 Å². The second-order valence-corrected chi connectivity index (χ2v) is 8.00. The lowest BCUT2D eigenvalue weighted by Gasteiger charge is -2.23. The molecule has 0 aliphatic carbocycles. The number of fused-ring (bicyclic) bond motifs is 1. The van der Waals surface area contributed by atoms with Gasteiger partial charge in [0, 0.05) is 11.4 Å². The van der Waals surface area contributed by atoms with Crippen LogP contribution in [0.2, 0.25) is 5.02 Å². The lowest BCUT2D eigenvalue weighted by molar-refractivity contribution is -0.122. The molecule has 0 saturated carbocycles. The van der Waals surface area contributed by atoms with Gasteiger partial charge in [-0.15, -0.1) is 0 Å². The third kappa shape index (κ3) is 5.64. The van der Waals surface area contributed by atoms with Crippen molar-refractivity contribution < 1.29 is 28.6 Å². The Morgan fingerprint density at radius 1 is 1.03 bits per heavy atom. The van der Waals surface area contributed by atoms with Crippen LogP contribution in [-0.2, 0) is 9.59 Å². The quantitative estimate of drug-likeness (QED) is 0.449. The fraction of sp³-hybridized carbons (Fsp3) is 0.160. The SMILES string of the molecule is COc1ccc(NC(=O)COc2ccccc2C(=O)Nc2ccc3c(c2)NC(=O)[C@@H](C)O3)cc1Cl. The molecule has 1 aliphatic heterocycles. The van der Waals surface area contributed by atoms with Gasteiger partial charge < -0.3 is 30.2 Å². The Morgan fingerprint density at radius 2 is 1.77 bits per heavy atom. The van der Waals surface area contributed by atoms with Crippen LogP contribution in [0.3, 0.4) is 0 Å². The van der Waals surface area contributed by atoms with E-state index in [0.717, 1.165) is 0 Å². The molecule has 3 aromatic rings. The number of hydrogen-bond acceptors (Lipinski definition) is 6. The van der Waals surface area contributed by atoms with Gasteiger partial charge in [0.05, 0.1) is 23.4 Å². The highest BCUT2D eigenvalue weighted by Crippen LogP contribution is 2.32. The summed E-state index contributed by atoms with van der Waals surface area (Å²) in [5.74, 6) is 0.0962. The van der Waals surface area contributed by atoms with Crippen molar-refractivity contribution in [2.24, 2.45) is 0 Å². The van der Waals surface area contributed by atoms with Gasteiger partial charge in [-0.25, -0.2) is 0 Å². The van der Waals surface area contributed by atoms with Crippen LogP contribution in [0.5, 0.6) is 17.2 Å². The van der Waals surface area contributed by atoms with Crippen LogP contribution in [0.25, 0.3) is 0 Å². The highest BCUT2D eigenvalue weighted by molar-refractivity contribution is 6.32. The molecule has 3 N–H and O–H groups in total. The molecule has 0 unspecified atom stereocenters. The smallest absolute Gasteiger partial charge is 0.265 e. The van der Waals surface area contributed by atoms with Crippen molar-refractivity contribution in [1.82, 2.24) is 0 Å². The third-order valence-electron chi connectivity index (χ3n) is 5.09. The Kier molecular flexibility index (Phi) is 7.07. The largest absolute Gasteiger partial charge is 0.495 e. The molecule has 9 nitrogen and oxygen atoms in total. The van der Waals surface area contributed by atoms with E-state index in [-0.39, 0.29) is 23.8 Å². The third-order valence-corrected chi connectivity index (χ3v) is 5.39. The van der Waals surface area contributed by atoms with Crippen LogP contribution in [0, 0.1) is 0 Å². The molecule has 35 heavy (non-hydrogen) atoms. The number of anilines is 3. The lowest BCUT2D eigenvalue weighted by atomic mass is 10.1. The first-order chi connectivity index (χ1) is 16.8. The normalized spacial score (nSPS) is 14.1. The van der Waals surface area contributed by atoms with Crippen LogP contribution >= 0.6 is 11.6 Å². The number of rotatable bonds is 7. The summed E-state index contributed by atoms with van der Waals surface area (Å²) in [6.45, 7) is 1.33. The van der Waals surface area contributed by atoms with E-state index in [1.54, 1.807) is 67.6 Å². The Balaban J connectivity index is 1.40. The van der Waals surface area contributed by atoms with Crippen molar-refractivity contribution in [2.75, 3.05) is 29.7 Å². The second-order valence-electron chi connectivity index (χ2n) is 7.60. The highest BCUT2D eigenvalue weighted by atomic mass is 35.5. The Bertz CT molecular complexity index is 1300. The van der Waals surface area contributed by atoms with E-state index in [1.165, 1.54) is 7.11 Å². The number of nitrogens with one attached hydrogen (secondary N) is 3. The molecular weight excluding hydrogens is 474 g/mol. The van der Waals surface area contributed by atoms with Gasteiger partial charge in [-0.3, -0.25) is 14.4 Å². The average molecular weight is 496 g/mol. The van der Waals surface area contributed by atoms with Gasteiger partial charge in [-0.2, -0.15) is 0 Å². The molecule has 0 saturated heterocycles. The molecule has 0 radical (unpaired) electrons. The number of benzene rings is 3. The molecule has 0 spiro atoms. The van der Waals surface area contributed by atoms with E-state index in [0.29, 0.717) is 33.6 Å². The summed E-state index contributed by atoms with van der Waals surface area (Å²) >= 11 is 6.08. The first-order valence-corrected chi connectivity index (χ1v) is 11.0. The first-order valence-electron chi connectivity index (χ1n) is 10.6. The molecule has 0 bridgehead atoms. The van der Waals surface area contributed by atoms with Crippen LogP contribution in [0.15, 0.2) is 60.7 Å². The summed E-state index contributed by atoms with van der Waals surface area (Å²) in [5, 5.41) is 8.54. The number of carbonyl (C=O) groups is 3. The van der Waals surface area contributed by atoms with Gasteiger partial charge >= 0.3 is 0 Å². The van der Waals surface area contributed by atoms with Crippen LogP contribution < -0.4 is 30.2 Å². The minimum Gasteiger partial charge on any atom is -0.495 e. The van der Waals surface area contributed by atoms with Crippen molar-refractivity contribution in [1.29, 1.82) is 0 Å². The molecule has 3 aromatic carbocycles. The van der Waals surface area contributed by atoms with Crippen molar-refractivity contribution in [3.05, 3.63) is 71.2 Å². The summed E-state index contributed by atoms with van der Waals surface area (Å²) in [7, 11) is 1.50. The van der Waals surface area contributed by atoms with Crippen LogP contribution in [0.4, 0.5) is 17.1 Å². The number of halogens is 1. The standard InChI is InChI=1S/C25H22ClN3O6/c1-14-24(31)29-19-12-16(8-10-22(19)35-14)28-25(32)17-5-3-4-6-20(17)34-13-23(30)27-15-7-9-21(33-2)18(26)11-15/h3-12,14H,13H2,1-2H3,(H,27,30)(H,28,32)(H,29,31)/t14-/m1/s1. The van der Waals surface area contributed by atoms with Crippen molar-refractivity contribution in [3.63, 3.8) is 0 Å².